The number of carbonyl (C=O) groups excluding carboxylic acids is 1. The summed E-state index contributed by atoms with van der Waals surface area (Å²) >= 11 is 12.8. The van der Waals surface area contributed by atoms with Gasteiger partial charge in [-0.25, -0.2) is 0 Å². The van der Waals surface area contributed by atoms with Gasteiger partial charge < -0.3 is 19.1 Å². The van der Waals surface area contributed by atoms with Gasteiger partial charge >= 0.3 is 0 Å². The molecule has 2 aliphatic heterocycles. The molecule has 0 radical (unpaired) electrons. The summed E-state index contributed by atoms with van der Waals surface area (Å²) in [7, 11) is 0. The molecule has 0 bridgehead atoms. The highest BCUT2D eigenvalue weighted by Crippen LogP contribution is 2.51. The highest BCUT2D eigenvalue weighted by Gasteiger charge is 2.57. The van der Waals surface area contributed by atoms with Crippen LogP contribution in [0.3, 0.4) is 0 Å². The van der Waals surface area contributed by atoms with Crippen LogP contribution in [0.15, 0.2) is 36.4 Å². The third-order valence-electron chi connectivity index (χ3n) is 4.77. The molecule has 1 saturated heterocycles. The molecular weight excluding hydrogens is 389 g/mol. The summed E-state index contributed by atoms with van der Waals surface area (Å²) in [5, 5.41) is 0.849. The van der Waals surface area contributed by atoms with E-state index >= 15 is 0 Å². The van der Waals surface area contributed by atoms with Crippen molar-refractivity contribution < 1.29 is 19.0 Å². The summed E-state index contributed by atoms with van der Waals surface area (Å²) in [5.74, 6) is -0.930. The zero-order chi connectivity index (χ0) is 19.0. The second-order valence-electron chi connectivity index (χ2n) is 6.49. The van der Waals surface area contributed by atoms with Gasteiger partial charge in [-0.2, -0.15) is 0 Å². The van der Waals surface area contributed by atoms with Gasteiger partial charge in [0, 0.05) is 6.54 Å². The van der Waals surface area contributed by atoms with Gasteiger partial charge in [0.1, 0.15) is 5.75 Å². The number of hydrogen-bond donors (Lipinski definition) is 0. The molecule has 2 heterocycles. The van der Waals surface area contributed by atoms with E-state index in [1.54, 1.807) is 17.0 Å². The van der Waals surface area contributed by atoms with Crippen LogP contribution in [0.1, 0.15) is 17.5 Å². The van der Waals surface area contributed by atoms with E-state index in [1.807, 2.05) is 31.2 Å². The normalized spacial score (nSPS) is 17.6. The van der Waals surface area contributed by atoms with Gasteiger partial charge in [-0.1, -0.05) is 41.4 Å². The van der Waals surface area contributed by atoms with E-state index in [9.17, 15) is 4.79 Å². The van der Waals surface area contributed by atoms with Crippen LogP contribution in [0, 0.1) is 6.92 Å². The van der Waals surface area contributed by atoms with E-state index in [-0.39, 0.29) is 5.91 Å². The summed E-state index contributed by atoms with van der Waals surface area (Å²) in [6.45, 7) is 3.55. The fraction of sp³-hybridized carbons (Fsp3) is 0.350. The molecule has 0 aliphatic carbocycles. The number of hydrogen-bond acceptors (Lipinski definition) is 4. The van der Waals surface area contributed by atoms with Crippen LogP contribution in [0.2, 0.25) is 10.0 Å². The Hall–Kier alpha value is -1.79. The smallest absolute Gasteiger partial charge is 0.292 e. The summed E-state index contributed by atoms with van der Waals surface area (Å²) in [6.07, 6.45) is 0.623. The van der Waals surface area contributed by atoms with Crippen LogP contribution in [-0.2, 0) is 20.1 Å². The third kappa shape index (κ3) is 3.09. The Bertz CT molecular complexity index is 880. The summed E-state index contributed by atoms with van der Waals surface area (Å²) in [5.41, 5.74) is 2.13. The first kappa shape index (κ1) is 18.6. The summed E-state index contributed by atoms with van der Waals surface area (Å²) < 4.78 is 17.3. The van der Waals surface area contributed by atoms with Crippen molar-refractivity contribution in [2.75, 3.05) is 31.3 Å². The molecule has 0 atom stereocenters. The molecule has 7 heteroatoms. The second-order valence-corrected chi connectivity index (χ2v) is 7.31. The Labute approximate surface area is 167 Å². The van der Waals surface area contributed by atoms with Crippen molar-refractivity contribution in [3.05, 3.63) is 57.6 Å². The lowest BCUT2D eigenvalue weighted by Crippen LogP contribution is -2.42. The maximum absolute atomic E-state index is 13.1. The lowest BCUT2D eigenvalue weighted by Gasteiger charge is -2.22. The molecule has 1 spiro atoms. The number of amides is 1. The molecule has 0 N–H and O–H groups in total. The van der Waals surface area contributed by atoms with Crippen LogP contribution in [0.25, 0.3) is 0 Å². The largest absolute Gasteiger partial charge is 0.493 e. The fourth-order valence-electron chi connectivity index (χ4n) is 3.52. The number of benzene rings is 2. The average Bonchev–Trinajstić information content (AvgIpc) is 3.24. The van der Waals surface area contributed by atoms with Crippen molar-refractivity contribution in [3.63, 3.8) is 0 Å². The minimum absolute atomic E-state index is 0.291. The van der Waals surface area contributed by atoms with E-state index in [2.05, 4.69) is 0 Å². The molecule has 27 heavy (non-hydrogen) atoms. The number of aryl methyl sites for hydroxylation is 1. The highest BCUT2D eigenvalue weighted by molar-refractivity contribution is 6.38. The van der Waals surface area contributed by atoms with E-state index in [0.717, 1.165) is 11.3 Å². The number of ether oxygens (including phenoxy) is 3. The molecule has 1 fully saturated rings. The first-order chi connectivity index (χ1) is 13.0. The van der Waals surface area contributed by atoms with E-state index < -0.39 is 5.79 Å². The van der Waals surface area contributed by atoms with Gasteiger partial charge in [0.05, 0.1) is 41.1 Å². The molecule has 142 valence electrons. The summed E-state index contributed by atoms with van der Waals surface area (Å²) in [6, 6.07) is 11.2. The van der Waals surface area contributed by atoms with Crippen LogP contribution >= 0.6 is 23.2 Å². The van der Waals surface area contributed by atoms with Crippen molar-refractivity contribution in [2.45, 2.75) is 19.1 Å². The van der Waals surface area contributed by atoms with Crippen molar-refractivity contribution in [1.82, 2.24) is 0 Å². The molecule has 0 saturated carbocycles. The maximum Gasteiger partial charge on any atom is 0.292 e. The fourth-order valence-corrected chi connectivity index (χ4v) is 4.06. The van der Waals surface area contributed by atoms with Crippen LogP contribution in [-0.4, -0.2) is 32.3 Å². The standard InChI is InChI=1S/C20H19Cl2NO4/c1-13-5-2-3-6-16(13)25-10-4-9-23-18-15(22)8-7-14(21)17(18)20(19(23)24)26-11-12-27-20/h2-3,5-8H,4,9-12H2,1H3. The second kappa shape index (κ2) is 7.32. The Morgan fingerprint density at radius 1 is 1.11 bits per heavy atom. The number of nitrogens with zero attached hydrogens (tertiary/aromatic N) is 1. The molecule has 0 unspecified atom stereocenters. The number of carbonyl (C=O) groups is 1. The Morgan fingerprint density at radius 3 is 2.56 bits per heavy atom. The predicted molar refractivity (Wildman–Crippen MR) is 104 cm³/mol. The first-order valence-electron chi connectivity index (χ1n) is 8.81. The Kier molecular flexibility index (Phi) is 5.03. The number of fused-ring (bicyclic) bond motifs is 2. The third-order valence-corrected chi connectivity index (χ3v) is 5.39. The monoisotopic (exact) mass is 407 g/mol. The Morgan fingerprint density at radius 2 is 1.81 bits per heavy atom. The Balaban J connectivity index is 1.53. The predicted octanol–water partition coefficient (Wildman–Crippen LogP) is 4.32. The van der Waals surface area contributed by atoms with E-state index in [0.29, 0.717) is 54.1 Å². The van der Waals surface area contributed by atoms with Crippen molar-refractivity contribution in [2.24, 2.45) is 0 Å². The van der Waals surface area contributed by atoms with Gasteiger partial charge in [0.2, 0.25) is 0 Å². The SMILES string of the molecule is Cc1ccccc1OCCCN1C(=O)C2(OCCO2)c2c(Cl)ccc(Cl)c21. The summed E-state index contributed by atoms with van der Waals surface area (Å²) in [4.78, 5) is 14.7. The molecule has 1 amide bonds. The first-order valence-corrected chi connectivity index (χ1v) is 9.57. The van der Waals surface area contributed by atoms with Crippen LogP contribution in [0.4, 0.5) is 5.69 Å². The number of anilines is 1. The molecule has 2 aliphatic rings. The molecule has 5 nitrogen and oxygen atoms in total. The lowest BCUT2D eigenvalue weighted by molar-refractivity contribution is -0.180. The van der Waals surface area contributed by atoms with Crippen LogP contribution < -0.4 is 9.64 Å². The highest BCUT2D eigenvalue weighted by atomic mass is 35.5. The number of rotatable bonds is 5. The van der Waals surface area contributed by atoms with Gasteiger partial charge in [-0.15, -0.1) is 0 Å². The maximum atomic E-state index is 13.1. The minimum atomic E-state index is -1.48. The van der Waals surface area contributed by atoms with E-state index in [1.165, 1.54) is 0 Å². The number of para-hydroxylation sites is 1. The van der Waals surface area contributed by atoms with Crippen molar-refractivity contribution >= 4 is 34.8 Å². The van der Waals surface area contributed by atoms with Gasteiger partial charge in [-0.05, 0) is 37.1 Å². The molecule has 0 aromatic heterocycles. The quantitative estimate of drug-likeness (QED) is 0.692. The van der Waals surface area contributed by atoms with E-state index in [4.69, 9.17) is 37.4 Å². The number of halogens is 2. The van der Waals surface area contributed by atoms with Gasteiger partial charge in [0.15, 0.2) is 0 Å². The van der Waals surface area contributed by atoms with Crippen molar-refractivity contribution in [1.29, 1.82) is 0 Å². The zero-order valence-corrected chi connectivity index (χ0v) is 16.3. The molecule has 2 aromatic carbocycles. The van der Waals surface area contributed by atoms with Crippen molar-refractivity contribution in [3.8, 4) is 5.75 Å². The lowest BCUT2D eigenvalue weighted by atomic mass is 10.1. The molecular formula is C20H19Cl2NO4. The van der Waals surface area contributed by atoms with Gasteiger partial charge in [-0.3, -0.25) is 4.79 Å². The van der Waals surface area contributed by atoms with Gasteiger partial charge in [0.25, 0.3) is 11.7 Å². The molecule has 4 rings (SSSR count). The van der Waals surface area contributed by atoms with Crippen LogP contribution in [0.5, 0.6) is 5.75 Å². The molecule has 2 aromatic rings. The minimum Gasteiger partial charge on any atom is -0.493 e. The topological polar surface area (TPSA) is 48.0 Å². The zero-order valence-electron chi connectivity index (χ0n) is 14.8. The average molecular weight is 408 g/mol.